The van der Waals surface area contributed by atoms with Gasteiger partial charge < -0.3 is 24.5 Å². The molecule has 118 valence electrons. The summed E-state index contributed by atoms with van der Waals surface area (Å²) >= 11 is 3.16. The number of hydrogen-bond acceptors (Lipinski definition) is 6. The van der Waals surface area contributed by atoms with Gasteiger partial charge in [-0.05, 0) is 34.1 Å². The Labute approximate surface area is 138 Å². The molecule has 0 atom stereocenters. The minimum Gasteiger partial charge on any atom is -0.508 e. The number of ether oxygens (including phenoxy) is 1. The van der Waals surface area contributed by atoms with E-state index in [1.54, 1.807) is 6.07 Å². The van der Waals surface area contributed by atoms with Crippen molar-refractivity contribution in [1.82, 2.24) is 0 Å². The molecule has 0 unspecified atom stereocenters. The van der Waals surface area contributed by atoms with E-state index < -0.39 is 5.43 Å². The number of aromatic hydroxyl groups is 3. The van der Waals surface area contributed by atoms with Crippen molar-refractivity contribution in [3.8, 4) is 34.3 Å². The highest BCUT2D eigenvalue weighted by molar-refractivity contribution is 9.10. The molecule has 1 aromatic heterocycles. The van der Waals surface area contributed by atoms with Crippen LogP contribution in [0.15, 0.2) is 44.0 Å². The third-order valence-electron chi connectivity index (χ3n) is 3.34. The zero-order chi connectivity index (χ0) is 16.7. The molecule has 23 heavy (non-hydrogen) atoms. The van der Waals surface area contributed by atoms with Gasteiger partial charge in [-0.25, -0.2) is 0 Å². The molecular formula is C16H11BrO6. The predicted molar refractivity (Wildman–Crippen MR) is 87.2 cm³/mol. The van der Waals surface area contributed by atoms with Crippen LogP contribution in [0.1, 0.15) is 0 Å². The molecule has 3 aromatic rings. The van der Waals surface area contributed by atoms with Crippen LogP contribution < -0.4 is 10.2 Å². The van der Waals surface area contributed by atoms with Crippen LogP contribution in [0.2, 0.25) is 0 Å². The first-order valence-electron chi connectivity index (χ1n) is 6.48. The van der Waals surface area contributed by atoms with Gasteiger partial charge in [-0.15, -0.1) is 0 Å². The van der Waals surface area contributed by atoms with Crippen molar-refractivity contribution < 1.29 is 24.5 Å². The van der Waals surface area contributed by atoms with E-state index in [1.165, 1.54) is 25.3 Å². The fourth-order valence-corrected chi connectivity index (χ4v) is 2.79. The van der Waals surface area contributed by atoms with Gasteiger partial charge in [0.1, 0.15) is 26.9 Å². The van der Waals surface area contributed by atoms with Crippen LogP contribution in [0.25, 0.3) is 22.3 Å². The largest absolute Gasteiger partial charge is 0.508 e. The Morgan fingerprint density at radius 3 is 2.48 bits per heavy atom. The third-order valence-corrected chi connectivity index (χ3v) is 4.07. The number of fused-ring (bicyclic) bond motifs is 1. The second-order valence-corrected chi connectivity index (χ2v) is 5.59. The summed E-state index contributed by atoms with van der Waals surface area (Å²) in [6.07, 6.45) is 0. The SMILES string of the molecule is COc1ccc(-c2oc3cc(O)cc(O)c3c(=O)c2Br)cc1O. The van der Waals surface area contributed by atoms with E-state index in [4.69, 9.17) is 9.15 Å². The number of hydrogen-bond donors (Lipinski definition) is 3. The van der Waals surface area contributed by atoms with Crippen molar-refractivity contribution >= 4 is 26.9 Å². The first kappa shape index (κ1) is 15.2. The molecule has 0 aliphatic rings. The van der Waals surface area contributed by atoms with E-state index in [0.717, 1.165) is 6.07 Å². The molecule has 0 amide bonds. The molecule has 0 aliphatic heterocycles. The Morgan fingerprint density at radius 1 is 1.09 bits per heavy atom. The van der Waals surface area contributed by atoms with Gasteiger partial charge in [-0.2, -0.15) is 0 Å². The topological polar surface area (TPSA) is 100 Å². The number of halogens is 1. The van der Waals surface area contributed by atoms with Crippen LogP contribution in [0.4, 0.5) is 0 Å². The quantitative estimate of drug-likeness (QED) is 0.632. The van der Waals surface area contributed by atoms with E-state index in [0.29, 0.717) is 5.56 Å². The Hall–Kier alpha value is -2.67. The maximum atomic E-state index is 12.4. The smallest absolute Gasteiger partial charge is 0.211 e. The summed E-state index contributed by atoms with van der Waals surface area (Å²) in [7, 11) is 1.42. The summed E-state index contributed by atoms with van der Waals surface area (Å²) in [5.74, 6) is -0.283. The minimum absolute atomic E-state index is 0.0287. The summed E-state index contributed by atoms with van der Waals surface area (Å²) in [6.45, 7) is 0. The molecule has 6 nitrogen and oxygen atoms in total. The average molecular weight is 379 g/mol. The average Bonchev–Trinajstić information content (AvgIpc) is 2.50. The van der Waals surface area contributed by atoms with E-state index in [2.05, 4.69) is 15.9 Å². The third kappa shape index (κ3) is 2.49. The lowest BCUT2D eigenvalue weighted by Gasteiger charge is -2.09. The molecular weight excluding hydrogens is 368 g/mol. The van der Waals surface area contributed by atoms with Crippen LogP contribution in [0.3, 0.4) is 0 Å². The van der Waals surface area contributed by atoms with E-state index in [9.17, 15) is 20.1 Å². The maximum absolute atomic E-state index is 12.4. The molecule has 0 spiro atoms. The van der Waals surface area contributed by atoms with Gasteiger partial charge in [0, 0.05) is 17.7 Å². The lowest BCUT2D eigenvalue weighted by atomic mass is 10.1. The summed E-state index contributed by atoms with van der Waals surface area (Å²) < 4.78 is 10.7. The molecule has 1 heterocycles. The highest BCUT2D eigenvalue weighted by atomic mass is 79.9. The number of rotatable bonds is 2. The lowest BCUT2D eigenvalue weighted by molar-refractivity contribution is 0.373. The first-order chi connectivity index (χ1) is 10.9. The lowest BCUT2D eigenvalue weighted by Crippen LogP contribution is -2.04. The first-order valence-corrected chi connectivity index (χ1v) is 7.27. The second kappa shape index (κ2) is 5.51. The van der Waals surface area contributed by atoms with Crippen molar-refractivity contribution in [2.45, 2.75) is 0 Å². The van der Waals surface area contributed by atoms with Gasteiger partial charge in [0.2, 0.25) is 5.43 Å². The van der Waals surface area contributed by atoms with Crippen molar-refractivity contribution in [2.24, 2.45) is 0 Å². The molecule has 3 N–H and O–H groups in total. The van der Waals surface area contributed by atoms with Gasteiger partial charge in [-0.3, -0.25) is 4.79 Å². The minimum atomic E-state index is -0.492. The van der Waals surface area contributed by atoms with Gasteiger partial charge in [0.05, 0.1) is 7.11 Å². The molecule has 2 aromatic carbocycles. The van der Waals surface area contributed by atoms with Crippen LogP contribution in [-0.4, -0.2) is 22.4 Å². The molecule has 7 heteroatoms. The van der Waals surface area contributed by atoms with Crippen LogP contribution >= 0.6 is 15.9 Å². The number of phenols is 3. The molecule has 0 radical (unpaired) electrons. The van der Waals surface area contributed by atoms with Crippen LogP contribution in [0.5, 0.6) is 23.0 Å². The van der Waals surface area contributed by atoms with Crippen molar-refractivity contribution in [1.29, 1.82) is 0 Å². The maximum Gasteiger partial charge on any atom is 0.211 e. The molecule has 0 saturated carbocycles. The van der Waals surface area contributed by atoms with Crippen LogP contribution in [0, 0.1) is 0 Å². The van der Waals surface area contributed by atoms with Gasteiger partial charge >= 0.3 is 0 Å². The van der Waals surface area contributed by atoms with Gasteiger partial charge in [0.25, 0.3) is 0 Å². The summed E-state index contributed by atoms with van der Waals surface area (Å²) in [4.78, 5) is 12.4. The Bertz CT molecular complexity index is 976. The van der Waals surface area contributed by atoms with Crippen molar-refractivity contribution in [3.63, 3.8) is 0 Å². The normalized spacial score (nSPS) is 10.9. The number of benzene rings is 2. The fraction of sp³-hybridized carbons (Fsp3) is 0.0625. The van der Waals surface area contributed by atoms with E-state index >= 15 is 0 Å². The highest BCUT2D eigenvalue weighted by Gasteiger charge is 2.18. The Kier molecular flexibility index (Phi) is 3.65. The summed E-state index contributed by atoms with van der Waals surface area (Å²) in [5.41, 5.74) is -0.0351. The summed E-state index contributed by atoms with van der Waals surface area (Å²) in [6, 6.07) is 6.81. The Morgan fingerprint density at radius 2 is 1.83 bits per heavy atom. The molecule has 0 fully saturated rings. The van der Waals surface area contributed by atoms with E-state index in [-0.39, 0.29) is 44.2 Å². The fourth-order valence-electron chi connectivity index (χ4n) is 2.28. The Balaban J connectivity index is 2.32. The van der Waals surface area contributed by atoms with Crippen molar-refractivity contribution in [2.75, 3.05) is 7.11 Å². The summed E-state index contributed by atoms with van der Waals surface area (Å²) in [5, 5.41) is 29.2. The van der Waals surface area contributed by atoms with E-state index in [1.807, 2.05) is 0 Å². The van der Waals surface area contributed by atoms with Gasteiger partial charge in [0.15, 0.2) is 17.3 Å². The zero-order valence-electron chi connectivity index (χ0n) is 11.8. The highest BCUT2D eigenvalue weighted by Crippen LogP contribution is 2.37. The predicted octanol–water partition coefficient (Wildman–Crippen LogP) is 3.35. The number of phenolic OH excluding ortho intramolecular Hbond substituents is 3. The zero-order valence-corrected chi connectivity index (χ0v) is 13.4. The molecule has 3 rings (SSSR count). The molecule has 0 aliphatic carbocycles. The standard InChI is InChI=1S/C16H11BrO6/c1-22-11-3-2-7(4-9(11)19)16-14(17)15(21)13-10(20)5-8(18)6-12(13)23-16/h2-6,18-20H,1H3. The number of methoxy groups -OCH3 is 1. The van der Waals surface area contributed by atoms with Crippen LogP contribution in [-0.2, 0) is 0 Å². The van der Waals surface area contributed by atoms with Crippen molar-refractivity contribution in [3.05, 3.63) is 45.0 Å². The second-order valence-electron chi connectivity index (χ2n) is 4.80. The van der Waals surface area contributed by atoms with Gasteiger partial charge in [-0.1, -0.05) is 0 Å². The molecule has 0 saturated heterocycles. The molecule has 0 bridgehead atoms. The monoisotopic (exact) mass is 378 g/mol.